The summed E-state index contributed by atoms with van der Waals surface area (Å²) in [5.41, 5.74) is 0.846. The number of amides is 1. The average Bonchev–Trinajstić information content (AvgIpc) is 2.93. The second-order valence-corrected chi connectivity index (χ2v) is 9.69. The van der Waals surface area contributed by atoms with Gasteiger partial charge < -0.3 is 20.1 Å². The molecule has 0 saturated carbocycles. The molecule has 1 atom stereocenters. The number of hydrogen-bond donors (Lipinski definition) is 4. The Bertz CT molecular complexity index is 1310. The highest BCUT2D eigenvalue weighted by Crippen LogP contribution is 2.40. The Morgan fingerprint density at radius 3 is 2.46 bits per heavy atom. The fraction of sp³-hybridized carbons (Fsp3) is 0.407. The molecule has 1 aliphatic heterocycles. The molecule has 12 heteroatoms. The third-order valence-corrected chi connectivity index (χ3v) is 7.43. The molecule has 210 valence electrons. The maximum Gasteiger partial charge on any atom is 0.249 e. The molecule has 1 saturated heterocycles. The summed E-state index contributed by atoms with van der Waals surface area (Å²) in [4.78, 5) is 18.8. The number of carbonyl (C=O) groups is 1. The lowest BCUT2D eigenvalue weighted by atomic mass is 9.73. The minimum absolute atomic E-state index is 0.0470. The van der Waals surface area contributed by atoms with E-state index in [0.717, 1.165) is 6.20 Å². The van der Waals surface area contributed by atoms with Crippen molar-refractivity contribution >= 4 is 22.5 Å². The number of nitrogens with one attached hydrogen (secondary N) is 2. The van der Waals surface area contributed by atoms with Crippen LogP contribution in [0.5, 0.6) is 5.75 Å². The molecule has 0 bridgehead atoms. The van der Waals surface area contributed by atoms with Gasteiger partial charge in [0.25, 0.3) is 0 Å². The van der Waals surface area contributed by atoms with Crippen molar-refractivity contribution in [3.8, 4) is 5.75 Å². The standard InChI is InChI=1S/C27H30F4N4O4/c1-39-17-2-3-22-18(14-17)24(21(31)15-33-22)23(36)4-5-27(26(37)34-38)6-9-35(10-7-27)11-8-32-25-19(29)12-16(28)13-20(25)30/h2-3,12-15,23,32,36,38H,4-11H2,1H3,(H,34,37)/t23-/m1/s1. The molecule has 8 nitrogen and oxygen atoms in total. The molecule has 1 aliphatic rings. The summed E-state index contributed by atoms with van der Waals surface area (Å²) >= 11 is 0. The second kappa shape index (κ2) is 12.1. The lowest BCUT2D eigenvalue weighted by Gasteiger charge is -2.40. The molecule has 39 heavy (non-hydrogen) atoms. The van der Waals surface area contributed by atoms with Gasteiger partial charge >= 0.3 is 0 Å². The number of anilines is 1. The van der Waals surface area contributed by atoms with Crippen molar-refractivity contribution in [2.75, 3.05) is 38.6 Å². The van der Waals surface area contributed by atoms with Gasteiger partial charge in [-0.15, -0.1) is 0 Å². The number of methoxy groups -OCH3 is 1. The van der Waals surface area contributed by atoms with Crippen LogP contribution in [-0.4, -0.2) is 59.4 Å². The number of carbonyl (C=O) groups excluding carboxylic acids is 1. The van der Waals surface area contributed by atoms with Gasteiger partial charge in [-0.25, -0.2) is 23.0 Å². The first-order valence-electron chi connectivity index (χ1n) is 12.5. The Morgan fingerprint density at radius 1 is 1.13 bits per heavy atom. The maximum absolute atomic E-state index is 14.8. The van der Waals surface area contributed by atoms with E-state index in [4.69, 9.17) is 4.74 Å². The molecule has 0 aliphatic carbocycles. The van der Waals surface area contributed by atoms with Crippen LogP contribution in [0.2, 0.25) is 0 Å². The third kappa shape index (κ3) is 6.23. The van der Waals surface area contributed by atoms with E-state index >= 15 is 0 Å². The summed E-state index contributed by atoms with van der Waals surface area (Å²) < 4.78 is 60.8. The van der Waals surface area contributed by atoms with Gasteiger partial charge in [0.15, 0.2) is 11.6 Å². The minimum Gasteiger partial charge on any atom is -0.497 e. The van der Waals surface area contributed by atoms with Gasteiger partial charge in [-0.2, -0.15) is 0 Å². The zero-order chi connectivity index (χ0) is 28.2. The van der Waals surface area contributed by atoms with E-state index in [1.165, 1.54) is 7.11 Å². The Hall–Kier alpha value is -3.48. The van der Waals surface area contributed by atoms with Gasteiger partial charge in [0.1, 0.15) is 23.1 Å². The Kier molecular flexibility index (Phi) is 8.88. The van der Waals surface area contributed by atoms with Gasteiger partial charge in [0.2, 0.25) is 5.91 Å². The molecule has 4 N–H and O–H groups in total. The van der Waals surface area contributed by atoms with Crippen LogP contribution < -0.4 is 15.5 Å². The molecule has 1 amide bonds. The van der Waals surface area contributed by atoms with E-state index in [2.05, 4.69) is 10.3 Å². The van der Waals surface area contributed by atoms with E-state index in [0.29, 0.717) is 61.3 Å². The van der Waals surface area contributed by atoms with Gasteiger partial charge in [-0.05, 0) is 57.0 Å². The van der Waals surface area contributed by atoms with E-state index in [9.17, 15) is 32.7 Å². The number of aliphatic hydroxyl groups excluding tert-OH is 1. The molecule has 3 aromatic rings. The summed E-state index contributed by atoms with van der Waals surface area (Å²) in [5, 5.41) is 23.4. The van der Waals surface area contributed by atoms with Crippen LogP contribution in [-0.2, 0) is 4.79 Å². The molecule has 1 aromatic heterocycles. The van der Waals surface area contributed by atoms with Gasteiger partial charge in [0, 0.05) is 36.2 Å². The quantitative estimate of drug-likeness (QED) is 0.169. The van der Waals surface area contributed by atoms with Crippen molar-refractivity contribution in [2.45, 2.75) is 31.8 Å². The normalized spacial score (nSPS) is 16.2. The highest BCUT2D eigenvalue weighted by atomic mass is 19.1. The number of hydroxylamine groups is 1. The SMILES string of the molecule is COc1ccc2ncc(F)c([C@H](O)CCC3(C(=O)NO)CCN(CCNc4c(F)cc(F)cc4F)CC3)c2c1. The fourth-order valence-electron chi connectivity index (χ4n) is 5.15. The predicted molar refractivity (Wildman–Crippen MR) is 135 cm³/mol. The number of likely N-dealkylation sites (tertiary alicyclic amines) is 1. The van der Waals surface area contributed by atoms with Gasteiger partial charge in [0.05, 0.1) is 30.3 Å². The first kappa shape index (κ1) is 28.5. The molecular weight excluding hydrogens is 520 g/mol. The van der Waals surface area contributed by atoms with E-state index < -0.39 is 46.4 Å². The lowest BCUT2D eigenvalue weighted by molar-refractivity contribution is -0.143. The first-order valence-corrected chi connectivity index (χ1v) is 12.5. The highest BCUT2D eigenvalue weighted by molar-refractivity contribution is 5.84. The van der Waals surface area contributed by atoms with Gasteiger partial charge in [-0.3, -0.25) is 15.0 Å². The number of benzene rings is 2. The van der Waals surface area contributed by atoms with Crippen LogP contribution in [0.1, 0.15) is 37.4 Å². The molecule has 1 fully saturated rings. The zero-order valence-electron chi connectivity index (χ0n) is 21.3. The van der Waals surface area contributed by atoms with Crippen molar-refractivity contribution in [1.29, 1.82) is 0 Å². The van der Waals surface area contributed by atoms with Crippen LogP contribution in [0.3, 0.4) is 0 Å². The molecule has 2 aromatic carbocycles. The fourth-order valence-corrected chi connectivity index (χ4v) is 5.15. The number of nitrogens with zero attached hydrogens (tertiary/aromatic N) is 2. The molecule has 4 rings (SSSR count). The number of aliphatic hydroxyl groups is 1. The molecule has 0 spiro atoms. The van der Waals surface area contributed by atoms with Crippen molar-refractivity contribution in [2.24, 2.45) is 5.41 Å². The summed E-state index contributed by atoms with van der Waals surface area (Å²) in [6.45, 7) is 1.44. The summed E-state index contributed by atoms with van der Waals surface area (Å²) in [6.07, 6.45) is 0.683. The van der Waals surface area contributed by atoms with E-state index in [1.807, 2.05) is 4.90 Å². The highest BCUT2D eigenvalue weighted by Gasteiger charge is 2.41. The Morgan fingerprint density at radius 2 is 1.82 bits per heavy atom. The monoisotopic (exact) mass is 550 g/mol. The molecular formula is C27H30F4N4O4. The minimum atomic E-state index is -1.24. The Balaban J connectivity index is 1.40. The number of ether oxygens (including phenoxy) is 1. The number of fused-ring (bicyclic) bond motifs is 1. The average molecular weight is 551 g/mol. The van der Waals surface area contributed by atoms with Crippen LogP contribution in [0.4, 0.5) is 23.2 Å². The zero-order valence-corrected chi connectivity index (χ0v) is 21.3. The van der Waals surface area contributed by atoms with E-state index in [1.54, 1.807) is 23.7 Å². The van der Waals surface area contributed by atoms with Crippen molar-refractivity contribution in [3.05, 3.63) is 65.4 Å². The first-order chi connectivity index (χ1) is 18.7. The van der Waals surface area contributed by atoms with Crippen molar-refractivity contribution in [1.82, 2.24) is 15.4 Å². The predicted octanol–water partition coefficient (Wildman–Crippen LogP) is 4.31. The molecule has 0 unspecified atom stereocenters. The number of piperidine rings is 1. The van der Waals surface area contributed by atoms with E-state index in [-0.39, 0.29) is 24.9 Å². The molecule has 2 heterocycles. The maximum atomic E-state index is 14.8. The second-order valence-electron chi connectivity index (χ2n) is 9.69. The smallest absolute Gasteiger partial charge is 0.249 e. The van der Waals surface area contributed by atoms with Crippen LogP contribution >= 0.6 is 0 Å². The Labute approximate surface area is 222 Å². The molecule has 0 radical (unpaired) electrons. The number of halogens is 4. The van der Waals surface area contributed by atoms with Crippen molar-refractivity contribution in [3.63, 3.8) is 0 Å². The largest absolute Gasteiger partial charge is 0.497 e. The number of hydrogen-bond acceptors (Lipinski definition) is 7. The topological polar surface area (TPSA) is 107 Å². The lowest BCUT2D eigenvalue weighted by Crippen LogP contribution is -2.49. The summed E-state index contributed by atoms with van der Waals surface area (Å²) in [6, 6.07) is 6.13. The number of pyridine rings is 1. The third-order valence-electron chi connectivity index (χ3n) is 7.43. The number of rotatable bonds is 10. The van der Waals surface area contributed by atoms with Gasteiger partial charge in [-0.1, -0.05) is 0 Å². The van der Waals surface area contributed by atoms with Crippen molar-refractivity contribution < 1.29 is 37.4 Å². The van der Waals surface area contributed by atoms with Crippen LogP contribution in [0.25, 0.3) is 10.9 Å². The summed E-state index contributed by atoms with van der Waals surface area (Å²) in [7, 11) is 1.48. The van der Waals surface area contributed by atoms with Crippen LogP contribution in [0, 0.1) is 28.7 Å². The van der Waals surface area contributed by atoms with Crippen LogP contribution in [0.15, 0.2) is 36.5 Å². The number of aromatic nitrogens is 1. The summed E-state index contributed by atoms with van der Waals surface area (Å²) in [5.74, 6) is -3.86.